The molecule has 2 heterocycles. The van der Waals surface area contributed by atoms with E-state index in [0.717, 1.165) is 29.1 Å². The van der Waals surface area contributed by atoms with Crippen molar-refractivity contribution in [1.82, 2.24) is 9.88 Å². The van der Waals surface area contributed by atoms with Crippen LogP contribution in [0.5, 0.6) is 0 Å². The van der Waals surface area contributed by atoms with Crippen LogP contribution < -0.4 is 10.2 Å². The number of nitrogens with zero attached hydrogens (tertiary/aromatic N) is 2. The molecule has 3 rings (SSSR count). The van der Waals surface area contributed by atoms with Gasteiger partial charge in [-0.2, -0.15) is 0 Å². The maximum atomic E-state index is 13.1. The first-order valence-corrected chi connectivity index (χ1v) is 9.37. The molecule has 1 saturated heterocycles. The van der Waals surface area contributed by atoms with Gasteiger partial charge in [0.25, 0.3) is 11.8 Å². The molecule has 0 radical (unpaired) electrons. The number of benzene rings is 1. The standard InChI is InChI=1S/C20H20ClN3O2S/c1-5-23-12(3)8-14(13(23)4)9-16-18(25)22-20(27)24(19(16)26)15-7-6-11(2)17(21)10-15/h6-10H,5H2,1-4H3,(H,22,25,27). The maximum Gasteiger partial charge on any atom is 0.270 e. The highest BCUT2D eigenvalue weighted by atomic mass is 35.5. The summed E-state index contributed by atoms with van der Waals surface area (Å²) < 4.78 is 2.12. The molecular weight excluding hydrogens is 382 g/mol. The van der Waals surface area contributed by atoms with E-state index in [2.05, 4.69) is 16.8 Å². The van der Waals surface area contributed by atoms with E-state index < -0.39 is 11.8 Å². The van der Waals surface area contributed by atoms with E-state index in [1.54, 1.807) is 18.2 Å². The lowest BCUT2D eigenvalue weighted by atomic mass is 10.1. The van der Waals surface area contributed by atoms with Crippen molar-refractivity contribution in [2.45, 2.75) is 34.2 Å². The molecule has 0 spiro atoms. The lowest BCUT2D eigenvalue weighted by Gasteiger charge is -2.29. The second-order valence-corrected chi connectivity index (χ2v) is 7.26. The third-order valence-electron chi connectivity index (χ3n) is 4.74. The second-order valence-electron chi connectivity index (χ2n) is 6.46. The summed E-state index contributed by atoms with van der Waals surface area (Å²) in [6.07, 6.45) is 1.62. The molecule has 5 nitrogen and oxygen atoms in total. The van der Waals surface area contributed by atoms with Crippen LogP contribution >= 0.6 is 23.8 Å². The first kappa shape index (κ1) is 19.3. The van der Waals surface area contributed by atoms with Crippen LogP contribution in [0.3, 0.4) is 0 Å². The molecule has 1 aromatic heterocycles. The van der Waals surface area contributed by atoms with Crippen LogP contribution in [0, 0.1) is 20.8 Å². The van der Waals surface area contributed by atoms with Gasteiger partial charge in [0.1, 0.15) is 5.57 Å². The first-order chi connectivity index (χ1) is 12.7. The van der Waals surface area contributed by atoms with Crippen LogP contribution in [0.15, 0.2) is 29.8 Å². The van der Waals surface area contributed by atoms with Crippen LogP contribution in [-0.4, -0.2) is 21.5 Å². The van der Waals surface area contributed by atoms with Crippen molar-refractivity contribution >= 4 is 52.5 Å². The van der Waals surface area contributed by atoms with Gasteiger partial charge in [0.2, 0.25) is 0 Å². The van der Waals surface area contributed by atoms with Crippen molar-refractivity contribution in [3.63, 3.8) is 0 Å². The lowest BCUT2D eigenvalue weighted by Crippen LogP contribution is -2.54. The molecule has 0 bridgehead atoms. The van der Waals surface area contributed by atoms with E-state index in [9.17, 15) is 9.59 Å². The van der Waals surface area contributed by atoms with Gasteiger partial charge in [0.05, 0.1) is 5.69 Å². The van der Waals surface area contributed by atoms with Crippen molar-refractivity contribution in [3.8, 4) is 0 Å². The number of hydrogen-bond donors (Lipinski definition) is 1. The van der Waals surface area contributed by atoms with Crippen molar-refractivity contribution in [2.75, 3.05) is 4.90 Å². The van der Waals surface area contributed by atoms with Crippen LogP contribution in [0.2, 0.25) is 5.02 Å². The summed E-state index contributed by atoms with van der Waals surface area (Å²) in [6, 6.07) is 7.19. The smallest absolute Gasteiger partial charge is 0.270 e. The van der Waals surface area contributed by atoms with Crippen molar-refractivity contribution in [1.29, 1.82) is 0 Å². The van der Waals surface area contributed by atoms with Gasteiger partial charge in [-0.1, -0.05) is 17.7 Å². The van der Waals surface area contributed by atoms with Gasteiger partial charge in [0.15, 0.2) is 5.11 Å². The van der Waals surface area contributed by atoms with Crippen molar-refractivity contribution in [2.24, 2.45) is 0 Å². The van der Waals surface area contributed by atoms with Crippen LogP contribution in [0.25, 0.3) is 6.08 Å². The molecule has 2 amide bonds. The fraction of sp³-hybridized carbons (Fsp3) is 0.250. The van der Waals surface area contributed by atoms with E-state index >= 15 is 0 Å². The highest BCUT2D eigenvalue weighted by molar-refractivity contribution is 7.80. The van der Waals surface area contributed by atoms with Crippen LogP contribution in [-0.2, 0) is 16.1 Å². The largest absolute Gasteiger partial charge is 0.349 e. The molecular formula is C20H20ClN3O2S. The summed E-state index contributed by atoms with van der Waals surface area (Å²) in [6.45, 7) is 8.71. The Morgan fingerprint density at radius 1 is 1.19 bits per heavy atom. The van der Waals surface area contributed by atoms with Gasteiger partial charge in [0, 0.05) is 23.0 Å². The van der Waals surface area contributed by atoms with Crippen molar-refractivity contribution < 1.29 is 9.59 Å². The predicted molar refractivity (Wildman–Crippen MR) is 112 cm³/mol. The molecule has 0 saturated carbocycles. The Kier molecular flexibility index (Phi) is 5.22. The van der Waals surface area contributed by atoms with Gasteiger partial charge >= 0.3 is 0 Å². The molecule has 0 aliphatic carbocycles. The zero-order chi connectivity index (χ0) is 19.9. The van der Waals surface area contributed by atoms with Crippen molar-refractivity contribution in [3.05, 3.63) is 57.4 Å². The monoisotopic (exact) mass is 401 g/mol. The number of rotatable bonds is 3. The molecule has 0 atom stereocenters. The average Bonchev–Trinajstić information content (AvgIpc) is 2.87. The summed E-state index contributed by atoms with van der Waals surface area (Å²) in [4.78, 5) is 26.8. The number of carbonyl (C=O) groups is 2. The number of halogens is 1. The molecule has 1 fully saturated rings. The van der Waals surface area contributed by atoms with Gasteiger partial charge in [-0.05, 0) is 75.3 Å². The van der Waals surface area contributed by atoms with Gasteiger partial charge < -0.3 is 4.57 Å². The second kappa shape index (κ2) is 7.29. The van der Waals surface area contributed by atoms with E-state index in [1.807, 2.05) is 32.9 Å². The lowest BCUT2D eigenvalue weighted by molar-refractivity contribution is -0.122. The minimum absolute atomic E-state index is 0.0386. The van der Waals surface area contributed by atoms with Gasteiger partial charge in [-0.3, -0.25) is 19.8 Å². The number of carbonyl (C=O) groups excluding carboxylic acids is 2. The number of thiocarbonyl (C=S) groups is 1. The number of anilines is 1. The molecule has 0 unspecified atom stereocenters. The number of amides is 2. The summed E-state index contributed by atoms with van der Waals surface area (Å²) in [5.41, 5.74) is 4.36. The Labute approximate surface area is 168 Å². The van der Waals surface area contributed by atoms with Crippen LogP contribution in [0.1, 0.15) is 29.4 Å². The third kappa shape index (κ3) is 3.42. The molecule has 140 valence electrons. The van der Waals surface area contributed by atoms with Gasteiger partial charge in [-0.25, -0.2) is 0 Å². The fourth-order valence-corrected chi connectivity index (χ4v) is 3.68. The zero-order valence-corrected chi connectivity index (χ0v) is 17.2. The Morgan fingerprint density at radius 2 is 1.89 bits per heavy atom. The van der Waals surface area contributed by atoms with E-state index in [4.69, 9.17) is 23.8 Å². The fourth-order valence-electron chi connectivity index (χ4n) is 3.23. The zero-order valence-electron chi connectivity index (χ0n) is 15.6. The number of nitrogens with one attached hydrogen (secondary N) is 1. The quantitative estimate of drug-likeness (QED) is 0.482. The Bertz CT molecular complexity index is 1010. The summed E-state index contributed by atoms with van der Waals surface area (Å²) in [5.74, 6) is -0.967. The number of hydrogen-bond acceptors (Lipinski definition) is 3. The normalized spacial score (nSPS) is 16.3. The molecule has 2 aromatic rings. The SMILES string of the molecule is CCn1c(C)cc(C=C2C(=O)NC(=S)N(c3ccc(C)c(Cl)c3)C2=O)c1C. The van der Waals surface area contributed by atoms with E-state index in [-0.39, 0.29) is 10.7 Å². The van der Waals surface area contributed by atoms with E-state index in [1.165, 1.54) is 4.90 Å². The van der Waals surface area contributed by atoms with Crippen LogP contribution in [0.4, 0.5) is 5.69 Å². The molecule has 27 heavy (non-hydrogen) atoms. The highest BCUT2D eigenvalue weighted by Crippen LogP contribution is 2.27. The topological polar surface area (TPSA) is 54.3 Å². The minimum atomic E-state index is -0.499. The predicted octanol–water partition coefficient (Wildman–Crippen LogP) is 3.92. The first-order valence-electron chi connectivity index (χ1n) is 8.59. The summed E-state index contributed by atoms with van der Waals surface area (Å²) in [7, 11) is 0. The Balaban J connectivity index is 2.06. The highest BCUT2D eigenvalue weighted by Gasteiger charge is 2.34. The Hall–Kier alpha value is -2.44. The number of aromatic nitrogens is 1. The summed E-state index contributed by atoms with van der Waals surface area (Å²) in [5, 5.41) is 3.16. The molecule has 1 aliphatic rings. The molecule has 1 aromatic carbocycles. The number of aryl methyl sites for hydroxylation is 2. The maximum absolute atomic E-state index is 13.1. The molecule has 7 heteroatoms. The summed E-state index contributed by atoms with van der Waals surface area (Å²) >= 11 is 11.4. The minimum Gasteiger partial charge on any atom is -0.349 e. The average molecular weight is 402 g/mol. The molecule has 1 N–H and O–H groups in total. The molecule has 1 aliphatic heterocycles. The third-order valence-corrected chi connectivity index (χ3v) is 5.44. The van der Waals surface area contributed by atoms with Gasteiger partial charge in [-0.15, -0.1) is 0 Å². The van der Waals surface area contributed by atoms with E-state index in [0.29, 0.717) is 10.7 Å². The Morgan fingerprint density at radius 3 is 2.48 bits per heavy atom.